The molecule has 8 heteroatoms. The van der Waals surface area contributed by atoms with Crippen LogP contribution in [0.15, 0.2) is 77.7 Å². The number of carbonyl (C=O) groups is 1. The molecule has 0 spiro atoms. The van der Waals surface area contributed by atoms with Crippen LogP contribution < -0.4 is 10.0 Å². The lowest BCUT2D eigenvalue weighted by Gasteiger charge is -2.07. The molecule has 0 bridgehead atoms. The summed E-state index contributed by atoms with van der Waals surface area (Å²) in [4.78, 5) is 17.0. The second-order valence-corrected chi connectivity index (χ2v) is 9.15. The number of anilines is 2. The van der Waals surface area contributed by atoms with Gasteiger partial charge in [-0.25, -0.2) is 13.4 Å². The summed E-state index contributed by atoms with van der Waals surface area (Å²) in [5.41, 5.74) is 2.63. The van der Waals surface area contributed by atoms with Gasteiger partial charge in [-0.2, -0.15) is 0 Å². The number of thiazole rings is 1. The normalized spacial score (nSPS) is 11.3. The third kappa shape index (κ3) is 4.28. The first-order valence-corrected chi connectivity index (χ1v) is 11.1. The van der Waals surface area contributed by atoms with Crippen LogP contribution in [0.2, 0.25) is 0 Å². The minimum absolute atomic E-state index is 0.185. The van der Waals surface area contributed by atoms with Crippen molar-refractivity contribution in [2.45, 2.75) is 11.8 Å². The molecule has 0 fully saturated rings. The molecular weight excluding hydrogens is 406 g/mol. The number of nitrogens with one attached hydrogen (secondary N) is 2. The Balaban J connectivity index is 1.55. The number of hydrogen-bond acceptors (Lipinski definition) is 5. The van der Waals surface area contributed by atoms with Crippen LogP contribution in [0.1, 0.15) is 15.9 Å². The van der Waals surface area contributed by atoms with Crippen LogP contribution in [0.4, 0.5) is 10.8 Å². The van der Waals surface area contributed by atoms with Crippen molar-refractivity contribution in [3.63, 3.8) is 0 Å². The lowest BCUT2D eigenvalue weighted by molar-refractivity contribution is 0.102. The molecule has 0 saturated carbocycles. The molecule has 146 valence electrons. The Morgan fingerprint density at radius 3 is 2.41 bits per heavy atom. The number of benzene rings is 3. The first-order valence-electron chi connectivity index (χ1n) is 8.77. The zero-order chi connectivity index (χ0) is 20.4. The molecule has 0 aliphatic rings. The van der Waals surface area contributed by atoms with Crippen LogP contribution in [0, 0.1) is 6.92 Å². The highest BCUT2D eigenvalue weighted by Crippen LogP contribution is 2.29. The maximum absolute atomic E-state index is 12.5. The third-order valence-corrected chi connectivity index (χ3v) is 6.58. The summed E-state index contributed by atoms with van der Waals surface area (Å²) in [6, 6.07) is 20.5. The zero-order valence-electron chi connectivity index (χ0n) is 15.4. The molecule has 0 aliphatic carbocycles. The van der Waals surface area contributed by atoms with Gasteiger partial charge in [0.25, 0.3) is 15.9 Å². The van der Waals surface area contributed by atoms with E-state index in [9.17, 15) is 13.2 Å². The van der Waals surface area contributed by atoms with Gasteiger partial charge in [0, 0.05) is 5.56 Å². The van der Waals surface area contributed by atoms with Crippen LogP contribution in [0.3, 0.4) is 0 Å². The Bertz CT molecular complexity index is 1280. The summed E-state index contributed by atoms with van der Waals surface area (Å²) in [5.74, 6) is -0.242. The molecule has 1 heterocycles. The summed E-state index contributed by atoms with van der Waals surface area (Å²) >= 11 is 1.33. The molecule has 0 atom stereocenters. The zero-order valence-corrected chi connectivity index (χ0v) is 17.0. The molecule has 6 nitrogen and oxygen atoms in total. The van der Waals surface area contributed by atoms with Crippen molar-refractivity contribution in [3.05, 3.63) is 83.9 Å². The molecular formula is C21H17N3O3S2. The third-order valence-electron chi connectivity index (χ3n) is 4.23. The molecule has 29 heavy (non-hydrogen) atoms. The van der Waals surface area contributed by atoms with E-state index < -0.39 is 10.0 Å². The molecule has 4 aromatic rings. The highest BCUT2D eigenvalue weighted by atomic mass is 32.2. The maximum Gasteiger partial charge on any atom is 0.261 e. The predicted octanol–water partition coefficient (Wildman–Crippen LogP) is 4.66. The van der Waals surface area contributed by atoms with E-state index in [0.29, 0.717) is 21.9 Å². The van der Waals surface area contributed by atoms with Gasteiger partial charge in [0.05, 0.1) is 20.8 Å². The number of aromatic nitrogens is 1. The van der Waals surface area contributed by atoms with E-state index in [1.165, 1.54) is 23.5 Å². The average molecular weight is 424 g/mol. The number of hydrogen-bond donors (Lipinski definition) is 2. The molecule has 0 radical (unpaired) electrons. The van der Waals surface area contributed by atoms with Gasteiger partial charge in [-0.1, -0.05) is 47.2 Å². The molecule has 1 amide bonds. The maximum atomic E-state index is 12.5. The van der Waals surface area contributed by atoms with Crippen LogP contribution >= 0.6 is 11.3 Å². The quantitative estimate of drug-likeness (QED) is 0.489. The number of aryl methyl sites for hydroxylation is 1. The molecule has 0 unspecified atom stereocenters. The number of rotatable bonds is 5. The van der Waals surface area contributed by atoms with Gasteiger partial charge in [0.15, 0.2) is 5.13 Å². The predicted molar refractivity (Wildman–Crippen MR) is 116 cm³/mol. The first kappa shape index (κ1) is 19.1. The molecule has 3 aromatic carbocycles. The van der Waals surface area contributed by atoms with Crippen LogP contribution in [0.25, 0.3) is 10.2 Å². The van der Waals surface area contributed by atoms with Crippen LogP contribution in [-0.4, -0.2) is 19.3 Å². The second-order valence-electron chi connectivity index (χ2n) is 6.44. The number of fused-ring (bicyclic) bond motifs is 1. The summed E-state index contributed by atoms with van der Waals surface area (Å²) in [5, 5.41) is 3.24. The smallest absolute Gasteiger partial charge is 0.261 e. The van der Waals surface area contributed by atoms with Crippen molar-refractivity contribution in [1.82, 2.24) is 4.98 Å². The lowest BCUT2D eigenvalue weighted by atomic mass is 10.1. The molecule has 2 N–H and O–H groups in total. The molecule has 4 rings (SSSR count). The summed E-state index contributed by atoms with van der Waals surface area (Å²) < 4.78 is 28.4. The summed E-state index contributed by atoms with van der Waals surface area (Å²) in [6.45, 7) is 1.96. The van der Waals surface area contributed by atoms with Gasteiger partial charge < -0.3 is 0 Å². The van der Waals surface area contributed by atoms with Crippen molar-refractivity contribution >= 4 is 48.3 Å². The minimum atomic E-state index is -3.68. The fourth-order valence-electron chi connectivity index (χ4n) is 2.73. The van der Waals surface area contributed by atoms with Gasteiger partial charge in [-0.15, -0.1) is 0 Å². The Morgan fingerprint density at radius 2 is 1.69 bits per heavy atom. The van der Waals surface area contributed by atoms with E-state index in [1.54, 1.807) is 48.5 Å². The first-order chi connectivity index (χ1) is 13.9. The van der Waals surface area contributed by atoms with E-state index in [4.69, 9.17) is 0 Å². The Hall–Kier alpha value is -3.23. The van der Waals surface area contributed by atoms with Gasteiger partial charge in [0.1, 0.15) is 0 Å². The van der Waals surface area contributed by atoms with Gasteiger partial charge in [0.2, 0.25) is 0 Å². The van der Waals surface area contributed by atoms with E-state index in [1.807, 2.05) is 19.1 Å². The van der Waals surface area contributed by atoms with E-state index in [0.717, 1.165) is 10.3 Å². The highest BCUT2D eigenvalue weighted by molar-refractivity contribution is 7.92. The molecule has 1 aromatic heterocycles. The SMILES string of the molecule is Cc1ccc(C(=O)Nc2nc3cc(NS(=O)(=O)c4ccccc4)ccc3s2)cc1. The Kier molecular flexibility index (Phi) is 5.04. The largest absolute Gasteiger partial charge is 0.298 e. The second kappa shape index (κ2) is 7.65. The minimum Gasteiger partial charge on any atom is -0.298 e. The van der Waals surface area contributed by atoms with Crippen molar-refractivity contribution in [3.8, 4) is 0 Å². The summed E-state index contributed by atoms with van der Waals surface area (Å²) in [6.07, 6.45) is 0. The average Bonchev–Trinajstić information content (AvgIpc) is 3.10. The summed E-state index contributed by atoms with van der Waals surface area (Å²) in [7, 11) is -3.68. The van der Waals surface area contributed by atoms with Crippen LogP contribution in [-0.2, 0) is 10.0 Å². The van der Waals surface area contributed by atoms with Crippen molar-refractivity contribution < 1.29 is 13.2 Å². The highest BCUT2D eigenvalue weighted by Gasteiger charge is 2.15. The van der Waals surface area contributed by atoms with E-state index in [-0.39, 0.29) is 10.8 Å². The van der Waals surface area contributed by atoms with Gasteiger partial charge in [-0.3, -0.25) is 14.8 Å². The number of amides is 1. The van der Waals surface area contributed by atoms with Crippen molar-refractivity contribution in [1.29, 1.82) is 0 Å². The standard InChI is InChI=1S/C21H17N3O3S2/c1-14-7-9-15(10-8-14)20(25)23-21-22-18-13-16(11-12-19(18)28-21)24-29(26,27)17-5-3-2-4-6-17/h2-13,24H,1H3,(H,22,23,25). The fourth-order valence-corrected chi connectivity index (χ4v) is 4.64. The number of carbonyl (C=O) groups excluding carboxylic acids is 1. The monoisotopic (exact) mass is 423 g/mol. The fraction of sp³-hybridized carbons (Fsp3) is 0.0476. The topological polar surface area (TPSA) is 88.2 Å². The Morgan fingerprint density at radius 1 is 0.966 bits per heavy atom. The van der Waals surface area contributed by atoms with Crippen molar-refractivity contribution in [2.24, 2.45) is 0 Å². The van der Waals surface area contributed by atoms with Gasteiger partial charge >= 0.3 is 0 Å². The lowest BCUT2D eigenvalue weighted by Crippen LogP contribution is -2.12. The van der Waals surface area contributed by atoms with E-state index in [2.05, 4.69) is 15.0 Å². The van der Waals surface area contributed by atoms with Crippen molar-refractivity contribution in [2.75, 3.05) is 10.0 Å². The molecule has 0 aliphatic heterocycles. The van der Waals surface area contributed by atoms with Crippen LogP contribution in [0.5, 0.6) is 0 Å². The number of nitrogens with zero attached hydrogens (tertiary/aromatic N) is 1. The van der Waals surface area contributed by atoms with Gasteiger partial charge in [-0.05, 0) is 49.4 Å². The number of sulfonamides is 1. The molecule has 0 saturated heterocycles. The Labute approximate surface area is 172 Å². The van der Waals surface area contributed by atoms with E-state index >= 15 is 0 Å².